The minimum atomic E-state index is -1.17. The molecule has 8 heteroatoms. The Morgan fingerprint density at radius 1 is 1.09 bits per heavy atom. The molecule has 0 radical (unpaired) electrons. The Balaban J connectivity index is 1.34. The standard InChI is InChI=1S/C26H22ClN3O4/c27-18-6-3-16(4-7-18)25-28-12-11-21(29-25)22-2-1-13-30(22)15-19-8-10-24(34-19)17-5-9-20(26(32)33)23(31)14-17/h3-12,14,22,31H,1-2,13,15H2,(H,32,33)/t22-/m1/s1. The van der Waals surface area contributed by atoms with Crippen LogP contribution in [0.3, 0.4) is 0 Å². The fourth-order valence-corrected chi connectivity index (χ4v) is 4.46. The van der Waals surface area contributed by atoms with Gasteiger partial charge in [0.2, 0.25) is 0 Å². The maximum Gasteiger partial charge on any atom is 0.339 e. The Kier molecular flexibility index (Phi) is 6.04. The largest absolute Gasteiger partial charge is 0.507 e. The molecule has 2 aromatic carbocycles. The molecular weight excluding hydrogens is 454 g/mol. The summed E-state index contributed by atoms with van der Waals surface area (Å²) in [7, 11) is 0. The van der Waals surface area contributed by atoms with Gasteiger partial charge in [-0.2, -0.15) is 0 Å². The van der Waals surface area contributed by atoms with Crippen LogP contribution in [0.25, 0.3) is 22.7 Å². The third-order valence-corrected chi connectivity index (χ3v) is 6.27. The lowest BCUT2D eigenvalue weighted by atomic mass is 10.1. The summed E-state index contributed by atoms with van der Waals surface area (Å²) in [6, 6.07) is 17.8. The monoisotopic (exact) mass is 475 g/mol. The summed E-state index contributed by atoms with van der Waals surface area (Å²) in [5.74, 6) is 0.572. The van der Waals surface area contributed by atoms with Crippen molar-refractivity contribution < 1.29 is 19.4 Å². The van der Waals surface area contributed by atoms with Crippen LogP contribution in [0.2, 0.25) is 5.02 Å². The van der Waals surface area contributed by atoms with Crippen molar-refractivity contribution >= 4 is 17.6 Å². The molecule has 1 atom stereocenters. The van der Waals surface area contributed by atoms with Crippen molar-refractivity contribution in [2.24, 2.45) is 0 Å². The predicted molar refractivity (Wildman–Crippen MR) is 128 cm³/mol. The maximum atomic E-state index is 11.1. The number of carboxylic acids is 1. The van der Waals surface area contributed by atoms with Crippen molar-refractivity contribution in [1.82, 2.24) is 14.9 Å². The van der Waals surface area contributed by atoms with E-state index in [2.05, 4.69) is 9.88 Å². The van der Waals surface area contributed by atoms with Crippen LogP contribution in [0.1, 0.15) is 40.7 Å². The SMILES string of the molecule is O=C(O)c1ccc(-c2ccc(CN3CCC[C@@H]3c3ccnc(-c4ccc(Cl)cc4)n3)o2)cc1O. The van der Waals surface area contributed by atoms with Gasteiger partial charge in [-0.3, -0.25) is 4.90 Å². The van der Waals surface area contributed by atoms with Crippen molar-refractivity contribution in [3.05, 3.63) is 88.9 Å². The lowest BCUT2D eigenvalue weighted by Gasteiger charge is -2.23. The van der Waals surface area contributed by atoms with Crippen LogP contribution in [-0.2, 0) is 6.54 Å². The summed E-state index contributed by atoms with van der Waals surface area (Å²) in [6.45, 7) is 1.54. The predicted octanol–water partition coefficient (Wildman–Crippen LogP) is 5.80. The molecule has 1 aliphatic rings. The summed E-state index contributed by atoms with van der Waals surface area (Å²) >= 11 is 6.01. The number of benzene rings is 2. The molecule has 0 saturated carbocycles. The topological polar surface area (TPSA) is 99.7 Å². The highest BCUT2D eigenvalue weighted by atomic mass is 35.5. The number of likely N-dealkylation sites (tertiary alicyclic amines) is 1. The molecule has 34 heavy (non-hydrogen) atoms. The molecule has 172 valence electrons. The van der Waals surface area contributed by atoms with Crippen LogP contribution < -0.4 is 0 Å². The summed E-state index contributed by atoms with van der Waals surface area (Å²) in [5, 5.41) is 19.8. The van der Waals surface area contributed by atoms with E-state index < -0.39 is 5.97 Å². The third kappa shape index (κ3) is 4.53. The molecule has 1 saturated heterocycles. The second kappa shape index (κ2) is 9.29. The first-order chi connectivity index (χ1) is 16.5. The zero-order chi connectivity index (χ0) is 23.7. The van der Waals surface area contributed by atoms with Crippen molar-refractivity contribution in [3.63, 3.8) is 0 Å². The average Bonchev–Trinajstić information content (AvgIpc) is 3.49. The minimum absolute atomic E-state index is 0.141. The minimum Gasteiger partial charge on any atom is -0.507 e. The average molecular weight is 476 g/mol. The van der Waals surface area contributed by atoms with Gasteiger partial charge in [0, 0.05) is 22.3 Å². The molecule has 1 fully saturated rings. The normalized spacial score (nSPS) is 16.1. The number of furan rings is 1. The number of aromatic carboxylic acids is 1. The van der Waals surface area contributed by atoms with E-state index in [4.69, 9.17) is 26.1 Å². The second-order valence-electron chi connectivity index (χ2n) is 8.24. The Morgan fingerprint density at radius 3 is 2.65 bits per heavy atom. The number of halogens is 1. The van der Waals surface area contributed by atoms with Gasteiger partial charge in [0.25, 0.3) is 0 Å². The summed E-state index contributed by atoms with van der Waals surface area (Å²) < 4.78 is 6.03. The Labute approximate surface area is 201 Å². The zero-order valence-corrected chi connectivity index (χ0v) is 18.9. The van der Waals surface area contributed by atoms with Gasteiger partial charge in [-0.15, -0.1) is 0 Å². The summed E-state index contributed by atoms with van der Waals surface area (Å²) in [6.07, 6.45) is 3.85. The third-order valence-electron chi connectivity index (χ3n) is 6.02. The lowest BCUT2D eigenvalue weighted by molar-refractivity contribution is 0.0693. The summed E-state index contributed by atoms with van der Waals surface area (Å²) in [5.41, 5.74) is 2.37. The number of phenols is 1. The fraction of sp³-hybridized carbons (Fsp3) is 0.192. The van der Waals surface area contributed by atoms with Gasteiger partial charge in [0.1, 0.15) is 22.8 Å². The fourth-order valence-electron chi connectivity index (χ4n) is 4.33. The molecule has 0 bridgehead atoms. The number of hydrogen-bond acceptors (Lipinski definition) is 6. The van der Waals surface area contributed by atoms with Gasteiger partial charge in [0.15, 0.2) is 5.82 Å². The van der Waals surface area contributed by atoms with E-state index in [0.717, 1.165) is 36.4 Å². The molecular formula is C26H22ClN3O4. The van der Waals surface area contributed by atoms with Gasteiger partial charge >= 0.3 is 5.97 Å². The molecule has 7 nitrogen and oxygen atoms in total. The number of rotatable bonds is 6. The van der Waals surface area contributed by atoms with Crippen LogP contribution in [-0.4, -0.2) is 37.6 Å². The van der Waals surface area contributed by atoms with Crippen LogP contribution >= 0.6 is 11.6 Å². The Morgan fingerprint density at radius 2 is 1.88 bits per heavy atom. The maximum absolute atomic E-state index is 11.1. The number of carboxylic acid groups (broad SMARTS) is 1. The molecule has 0 aliphatic carbocycles. The number of aromatic nitrogens is 2. The van der Waals surface area contributed by atoms with Crippen molar-refractivity contribution in [2.45, 2.75) is 25.4 Å². The van der Waals surface area contributed by atoms with Gasteiger partial charge in [-0.1, -0.05) is 17.7 Å². The van der Waals surface area contributed by atoms with Crippen LogP contribution in [0.5, 0.6) is 5.75 Å². The zero-order valence-electron chi connectivity index (χ0n) is 18.2. The van der Waals surface area contributed by atoms with Crippen molar-refractivity contribution in [3.8, 4) is 28.5 Å². The molecule has 0 unspecified atom stereocenters. The van der Waals surface area contributed by atoms with Crippen LogP contribution in [0, 0.1) is 0 Å². The van der Waals surface area contributed by atoms with Gasteiger partial charge < -0.3 is 14.6 Å². The van der Waals surface area contributed by atoms with Gasteiger partial charge in [-0.25, -0.2) is 14.8 Å². The van der Waals surface area contributed by atoms with Crippen LogP contribution in [0.15, 0.2) is 71.3 Å². The highest BCUT2D eigenvalue weighted by Gasteiger charge is 2.28. The number of aromatic hydroxyl groups is 1. The lowest BCUT2D eigenvalue weighted by Crippen LogP contribution is -2.23. The molecule has 2 N–H and O–H groups in total. The second-order valence-corrected chi connectivity index (χ2v) is 8.68. The molecule has 3 heterocycles. The van der Waals surface area contributed by atoms with Crippen LogP contribution in [0.4, 0.5) is 0 Å². The van der Waals surface area contributed by atoms with Crippen molar-refractivity contribution in [1.29, 1.82) is 0 Å². The molecule has 5 rings (SSSR count). The van der Waals surface area contributed by atoms with E-state index in [9.17, 15) is 9.90 Å². The van der Waals surface area contributed by atoms with E-state index in [-0.39, 0.29) is 17.4 Å². The molecule has 1 aliphatic heterocycles. The van der Waals surface area contributed by atoms with E-state index >= 15 is 0 Å². The highest BCUT2D eigenvalue weighted by molar-refractivity contribution is 6.30. The number of carbonyl (C=O) groups is 1. The van der Waals surface area contributed by atoms with E-state index in [0.29, 0.717) is 28.7 Å². The number of hydrogen-bond donors (Lipinski definition) is 2. The summed E-state index contributed by atoms with van der Waals surface area (Å²) in [4.78, 5) is 22.7. The first-order valence-electron chi connectivity index (χ1n) is 11.0. The first kappa shape index (κ1) is 22.1. The number of nitrogens with zero attached hydrogens (tertiary/aromatic N) is 3. The van der Waals surface area contributed by atoms with E-state index in [1.54, 1.807) is 12.3 Å². The first-order valence-corrected chi connectivity index (χ1v) is 11.3. The van der Waals surface area contributed by atoms with Crippen molar-refractivity contribution in [2.75, 3.05) is 6.54 Å². The van der Waals surface area contributed by atoms with E-state index in [1.165, 1.54) is 12.1 Å². The Hall–Kier alpha value is -3.68. The van der Waals surface area contributed by atoms with E-state index in [1.807, 2.05) is 42.5 Å². The highest BCUT2D eigenvalue weighted by Crippen LogP contribution is 2.34. The quantitative estimate of drug-likeness (QED) is 0.363. The molecule has 4 aromatic rings. The smallest absolute Gasteiger partial charge is 0.339 e. The molecule has 0 amide bonds. The van der Waals surface area contributed by atoms with Gasteiger partial charge in [0.05, 0.1) is 18.3 Å². The molecule has 2 aromatic heterocycles. The van der Waals surface area contributed by atoms with Gasteiger partial charge in [-0.05, 0) is 74.0 Å². The Bertz CT molecular complexity index is 1340. The molecule has 0 spiro atoms.